The zero-order valence-electron chi connectivity index (χ0n) is 20.1. The van der Waals surface area contributed by atoms with Crippen LogP contribution in [0.2, 0.25) is 0 Å². The number of benzene rings is 3. The Bertz CT molecular complexity index is 1310. The van der Waals surface area contributed by atoms with Gasteiger partial charge in [-0.15, -0.1) is 13.2 Å². The van der Waals surface area contributed by atoms with Gasteiger partial charge in [0, 0.05) is 25.2 Å². The zero-order chi connectivity index (χ0) is 26.9. The van der Waals surface area contributed by atoms with Crippen molar-refractivity contribution in [3.05, 3.63) is 89.5 Å². The fraction of sp³-hybridized carbons (Fsp3) is 0.286. The number of amides is 1. The predicted molar refractivity (Wildman–Crippen MR) is 130 cm³/mol. The SMILES string of the molecule is O=C(C1CC(c2c(F)cccc2F)=NC1c1ccc(-c2ccc(OC(F)(F)F)cc2)cc1)N1CCOCC1. The molecule has 38 heavy (non-hydrogen) atoms. The molecule has 1 amide bonds. The number of ether oxygens (including phenoxy) is 2. The minimum Gasteiger partial charge on any atom is -0.406 e. The van der Waals surface area contributed by atoms with Crippen LogP contribution in [0.25, 0.3) is 11.1 Å². The van der Waals surface area contributed by atoms with Crippen molar-refractivity contribution >= 4 is 11.6 Å². The number of rotatable bonds is 5. The van der Waals surface area contributed by atoms with E-state index in [1.807, 2.05) is 0 Å². The van der Waals surface area contributed by atoms with Gasteiger partial charge in [-0.1, -0.05) is 42.5 Å². The molecule has 0 aliphatic carbocycles. The van der Waals surface area contributed by atoms with Crippen LogP contribution in [0.3, 0.4) is 0 Å². The highest BCUT2D eigenvalue weighted by Gasteiger charge is 2.40. The monoisotopic (exact) mass is 530 g/mol. The third-order valence-electron chi connectivity index (χ3n) is 6.65. The molecular formula is C28H23F5N2O3. The minimum atomic E-state index is -4.77. The van der Waals surface area contributed by atoms with Gasteiger partial charge >= 0.3 is 6.36 Å². The van der Waals surface area contributed by atoms with Crippen LogP contribution in [0.1, 0.15) is 23.6 Å². The highest BCUT2D eigenvalue weighted by Crippen LogP contribution is 2.39. The van der Waals surface area contributed by atoms with Crippen molar-refractivity contribution in [1.29, 1.82) is 0 Å². The first-order valence-electron chi connectivity index (χ1n) is 12.0. The molecular weight excluding hydrogens is 507 g/mol. The molecule has 1 fully saturated rings. The summed E-state index contributed by atoms with van der Waals surface area (Å²) in [5, 5.41) is 0. The Kier molecular flexibility index (Phi) is 7.16. The van der Waals surface area contributed by atoms with Gasteiger partial charge in [0.05, 0.1) is 30.7 Å². The number of aliphatic imine (C=N–C) groups is 1. The second-order valence-electron chi connectivity index (χ2n) is 9.06. The van der Waals surface area contributed by atoms with Gasteiger partial charge < -0.3 is 14.4 Å². The van der Waals surface area contributed by atoms with Gasteiger partial charge in [-0.3, -0.25) is 9.79 Å². The van der Waals surface area contributed by atoms with Crippen LogP contribution in [0, 0.1) is 17.6 Å². The molecule has 3 aromatic rings. The van der Waals surface area contributed by atoms with Crippen molar-refractivity contribution in [2.75, 3.05) is 26.3 Å². The molecule has 10 heteroatoms. The predicted octanol–water partition coefficient (Wildman–Crippen LogP) is 5.94. The summed E-state index contributed by atoms with van der Waals surface area (Å²) in [6, 6.07) is 15.5. The van der Waals surface area contributed by atoms with E-state index in [9.17, 15) is 26.7 Å². The van der Waals surface area contributed by atoms with Gasteiger partial charge in [-0.05, 0) is 41.0 Å². The Morgan fingerprint density at radius 1 is 0.895 bits per heavy atom. The molecule has 0 aromatic heterocycles. The first-order valence-corrected chi connectivity index (χ1v) is 12.0. The average molecular weight is 530 g/mol. The summed E-state index contributed by atoms with van der Waals surface area (Å²) in [4.78, 5) is 19.8. The molecule has 198 valence electrons. The van der Waals surface area contributed by atoms with E-state index in [1.165, 1.54) is 30.3 Å². The molecule has 1 saturated heterocycles. The number of carbonyl (C=O) groups is 1. The highest BCUT2D eigenvalue weighted by atomic mass is 19.4. The number of alkyl halides is 3. The summed E-state index contributed by atoms with van der Waals surface area (Å²) in [7, 11) is 0. The number of hydrogen-bond acceptors (Lipinski definition) is 4. The first-order chi connectivity index (χ1) is 18.2. The molecule has 5 rings (SSSR count). The lowest BCUT2D eigenvalue weighted by Gasteiger charge is -2.30. The molecule has 0 bridgehead atoms. The molecule has 2 aliphatic heterocycles. The molecule has 3 aromatic carbocycles. The minimum absolute atomic E-state index is 0.0845. The van der Waals surface area contributed by atoms with Crippen molar-refractivity contribution in [3.63, 3.8) is 0 Å². The van der Waals surface area contributed by atoms with E-state index in [0.717, 1.165) is 17.7 Å². The van der Waals surface area contributed by atoms with Gasteiger partial charge in [-0.25, -0.2) is 8.78 Å². The topological polar surface area (TPSA) is 51.1 Å². The quantitative estimate of drug-likeness (QED) is 0.384. The van der Waals surface area contributed by atoms with Crippen LogP contribution in [0.15, 0.2) is 71.7 Å². The van der Waals surface area contributed by atoms with Gasteiger partial charge in [0.15, 0.2) is 0 Å². The summed E-state index contributed by atoms with van der Waals surface area (Å²) in [6.07, 6.45) is -4.69. The Morgan fingerprint density at radius 2 is 1.47 bits per heavy atom. The van der Waals surface area contributed by atoms with E-state index in [2.05, 4.69) is 9.73 Å². The second kappa shape index (κ2) is 10.5. The summed E-state index contributed by atoms with van der Waals surface area (Å²) in [6.45, 7) is 1.69. The second-order valence-corrected chi connectivity index (χ2v) is 9.06. The normalized spacial score (nSPS) is 19.8. The van der Waals surface area contributed by atoms with Crippen molar-refractivity contribution < 1.29 is 36.2 Å². The number of nitrogens with zero attached hydrogens (tertiary/aromatic N) is 2. The van der Waals surface area contributed by atoms with E-state index in [4.69, 9.17) is 4.74 Å². The van der Waals surface area contributed by atoms with Crippen LogP contribution in [0.4, 0.5) is 22.0 Å². The molecule has 5 nitrogen and oxygen atoms in total. The smallest absolute Gasteiger partial charge is 0.406 e. The lowest BCUT2D eigenvalue weighted by molar-refractivity contribution is -0.274. The number of carbonyl (C=O) groups excluding carboxylic acids is 1. The largest absolute Gasteiger partial charge is 0.573 e. The van der Waals surface area contributed by atoms with Crippen LogP contribution in [-0.2, 0) is 9.53 Å². The van der Waals surface area contributed by atoms with Crippen LogP contribution < -0.4 is 4.74 Å². The van der Waals surface area contributed by atoms with E-state index in [1.54, 1.807) is 29.2 Å². The first kappa shape index (κ1) is 25.8. The standard InChI is InChI=1S/C28H23F5N2O3/c29-22-2-1-3-23(30)25(22)24-16-21(27(36)35-12-14-37-15-13-35)26(34-24)19-6-4-17(5-7-19)18-8-10-20(11-9-18)38-28(31,32)33/h1-11,21,26H,12-16H2. The molecule has 2 heterocycles. The van der Waals surface area contributed by atoms with Gasteiger partial charge in [-0.2, -0.15) is 0 Å². The van der Waals surface area contributed by atoms with Crippen LogP contribution >= 0.6 is 0 Å². The van der Waals surface area contributed by atoms with Gasteiger partial charge in [0.25, 0.3) is 0 Å². The Labute approximate surface area is 215 Å². The van der Waals surface area contributed by atoms with Gasteiger partial charge in [0.2, 0.25) is 5.91 Å². The van der Waals surface area contributed by atoms with Gasteiger partial charge in [0.1, 0.15) is 17.4 Å². The molecule has 2 unspecified atom stereocenters. The van der Waals surface area contributed by atoms with Crippen LogP contribution in [0.5, 0.6) is 5.75 Å². The number of morpholine rings is 1. The number of hydrogen-bond donors (Lipinski definition) is 0. The van der Waals surface area contributed by atoms with E-state index in [0.29, 0.717) is 37.4 Å². The molecule has 2 atom stereocenters. The zero-order valence-corrected chi connectivity index (χ0v) is 20.1. The van der Waals surface area contributed by atoms with Crippen molar-refractivity contribution in [2.24, 2.45) is 10.9 Å². The fourth-order valence-electron chi connectivity index (χ4n) is 4.84. The fourth-order valence-corrected chi connectivity index (χ4v) is 4.84. The van der Waals surface area contributed by atoms with E-state index < -0.39 is 30.0 Å². The Morgan fingerprint density at radius 3 is 2.05 bits per heavy atom. The lowest BCUT2D eigenvalue weighted by Crippen LogP contribution is -2.44. The summed E-state index contributed by atoms with van der Waals surface area (Å²) < 4.78 is 75.7. The van der Waals surface area contributed by atoms with E-state index >= 15 is 0 Å². The lowest BCUT2D eigenvalue weighted by atomic mass is 9.89. The maximum absolute atomic E-state index is 14.6. The highest BCUT2D eigenvalue weighted by molar-refractivity contribution is 6.05. The molecule has 0 N–H and O–H groups in total. The Balaban J connectivity index is 1.43. The Hall–Kier alpha value is -3.79. The molecule has 0 saturated carbocycles. The number of halogens is 5. The third kappa shape index (κ3) is 5.55. The maximum atomic E-state index is 14.6. The van der Waals surface area contributed by atoms with E-state index in [-0.39, 0.29) is 29.4 Å². The molecule has 0 spiro atoms. The molecule has 0 radical (unpaired) electrons. The van der Waals surface area contributed by atoms with Crippen molar-refractivity contribution in [1.82, 2.24) is 4.90 Å². The average Bonchev–Trinajstić information content (AvgIpc) is 3.33. The summed E-state index contributed by atoms with van der Waals surface area (Å²) in [5.74, 6) is -2.61. The summed E-state index contributed by atoms with van der Waals surface area (Å²) in [5.41, 5.74) is 2.04. The summed E-state index contributed by atoms with van der Waals surface area (Å²) >= 11 is 0. The van der Waals surface area contributed by atoms with Crippen molar-refractivity contribution in [3.8, 4) is 16.9 Å². The van der Waals surface area contributed by atoms with Crippen molar-refractivity contribution in [2.45, 2.75) is 18.8 Å². The third-order valence-corrected chi connectivity index (χ3v) is 6.65. The van der Waals surface area contributed by atoms with Crippen LogP contribution in [-0.4, -0.2) is 49.2 Å². The molecule has 2 aliphatic rings. The maximum Gasteiger partial charge on any atom is 0.573 e.